The third-order valence-electron chi connectivity index (χ3n) is 5.14. The van der Waals surface area contributed by atoms with Crippen LogP contribution in [0, 0.1) is 3.95 Å². The van der Waals surface area contributed by atoms with E-state index in [1.807, 2.05) is 30.3 Å². The third kappa shape index (κ3) is 2.92. The van der Waals surface area contributed by atoms with Crippen molar-refractivity contribution in [3.8, 4) is 5.88 Å². The Bertz CT molecular complexity index is 1300. The van der Waals surface area contributed by atoms with Gasteiger partial charge in [0, 0.05) is 17.4 Å². The van der Waals surface area contributed by atoms with Gasteiger partial charge in [-0.3, -0.25) is 19.1 Å². The highest BCUT2D eigenvalue weighted by molar-refractivity contribution is 7.73. The van der Waals surface area contributed by atoms with Gasteiger partial charge in [-0.2, -0.15) is 0 Å². The van der Waals surface area contributed by atoms with Crippen LogP contribution in [-0.4, -0.2) is 27.7 Å². The molecule has 1 N–H and O–H groups in total. The molecule has 0 saturated carbocycles. The lowest BCUT2D eigenvalue weighted by Gasteiger charge is -2.15. The van der Waals surface area contributed by atoms with Crippen molar-refractivity contribution in [1.29, 1.82) is 0 Å². The Morgan fingerprint density at radius 2 is 1.83 bits per heavy atom. The highest BCUT2D eigenvalue weighted by Gasteiger charge is 2.42. The smallest absolute Gasteiger partial charge is 0.257 e. The molecule has 2 aromatic carbocycles. The summed E-state index contributed by atoms with van der Waals surface area (Å²) in [5.41, 5.74) is 3.19. The SMILES string of the molecule is O=C1C[C@H](n2c(O)c(C=C3C=Nc4ccccc43)sc2=S)C(=O)N1c1ccccc1. The van der Waals surface area contributed by atoms with Crippen molar-refractivity contribution in [3.63, 3.8) is 0 Å². The third-order valence-corrected chi connectivity index (χ3v) is 6.47. The first-order valence-electron chi connectivity index (χ1n) is 9.26. The second-order valence-corrected chi connectivity index (χ2v) is 8.60. The average Bonchev–Trinajstić information content (AvgIpc) is 3.37. The van der Waals surface area contributed by atoms with E-state index in [9.17, 15) is 14.7 Å². The van der Waals surface area contributed by atoms with Crippen molar-refractivity contribution in [1.82, 2.24) is 4.57 Å². The number of benzene rings is 2. The number of imide groups is 1. The van der Waals surface area contributed by atoms with Gasteiger partial charge in [0.15, 0.2) is 3.95 Å². The molecule has 8 heteroatoms. The average molecular weight is 434 g/mol. The van der Waals surface area contributed by atoms with Gasteiger partial charge in [-0.1, -0.05) is 36.4 Å². The lowest BCUT2D eigenvalue weighted by atomic mass is 10.1. The molecule has 0 radical (unpaired) electrons. The fourth-order valence-electron chi connectivity index (χ4n) is 3.72. The summed E-state index contributed by atoms with van der Waals surface area (Å²) in [6.45, 7) is 0. The predicted octanol–water partition coefficient (Wildman–Crippen LogP) is 4.75. The molecule has 0 aliphatic carbocycles. The molecule has 1 fully saturated rings. The number of anilines is 1. The number of para-hydroxylation sites is 2. The van der Waals surface area contributed by atoms with Crippen LogP contribution >= 0.6 is 23.6 Å². The number of carbonyl (C=O) groups excluding carboxylic acids is 2. The Morgan fingerprint density at radius 3 is 2.63 bits per heavy atom. The number of allylic oxidation sites excluding steroid dienone is 1. The second kappa shape index (κ2) is 7.16. The van der Waals surface area contributed by atoms with Crippen LogP contribution < -0.4 is 4.90 Å². The van der Waals surface area contributed by atoms with Crippen LogP contribution in [-0.2, 0) is 9.59 Å². The van der Waals surface area contributed by atoms with E-state index >= 15 is 0 Å². The standard InChI is InChI=1S/C22H15N3O3S2/c26-19-11-17(20(27)24(19)14-6-2-1-3-7-14)25-21(28)18(30-22(25)29)10-13-12-23-16-9-5-4-8-15(13)16/h1-10,12,17,28H,11H2/t17-/m0/s1. The Labute approximate surface area is 181 Å². The first-order valence-corrected chi connectivity index (χ1v) is 10.5. The molecule has 3 heterocycles. The minimum absolute atomic E-state index is 0.0490. The number of aromatic nitrogens is 1. The van der Waals surface area contributed by atoms with Crippen molar-refractivity contribution >= 4 is 64.6 Å². The molecule has 0 bridgehead atoms. The van der Waals surface area contributed by atoms with Crippen molar-refractivity contribution in [2.75, 3.05) is 4.90 Å². The van der Waals surface area contributed by atoms with Crippen LogP contribution in [0.15, 0.2) is 59.6 Å². The summed E-state index contributed by atoms with van der Waals surface area (Å²) in [4.78, 5) is 31.6. The number of aliphatic imine (C=N–C) groups is 1. The highest BCUT2D eigenvalue weighted by Crippen LogP contribution is 2.39. The zero-order valence-electron chi connectivity index (χ0n) is 15.6. The molecular formula is C22H15N3O3S2. The number of thiazole rings is 1. The quantitative estimate of drug-likeness (QED) is 0.478. The Morgan fingerprint density at radius 1 is 1.10 bits per heavy atom. The van der Waals surface area contributed by atoms with Gasteiger partial charge in [-0.25, -0.2) is 4.90 Å². The summed E-state index contributed by atoms with van der Waals surface area (Å²) in [7, 11) is 0. The topological polar surface area (TPSA) is 74.9 Å². The number of hydrogen-bond donors (Lipinski definition) is 1. The van der Waals surface area contributed by atoms with Crippen molar-refractivity contribution in [3.05, 3.63) is 69.0 Å². The van der Waals surface area contributed by atoms with E-state index in [1.165, 1.54) is 15.9 Å². The van der Waals surface area contributed by atoms with Crippen molar-refractivity contribution < 1.29 is 14.7 Å². The lowest BCUT2D eigenvalue weighted by Crippen LogP contribution is -2.31. The molecule has 1 saturated heterocycles. The summed E-state index contributed by atoms with van der Waals surface area (Å²) in [6, 6.07) is 15.6. The first-order chi connectivity index (χ1) is 14.5. The molecule has 6 nitrogen and oxygen atoms in total. The Balaban J connectivity index is 1.52. The van der Waals surface area contributed by atoms with Crippen LogP contribution in [0.2, 0.25) is 0 Å². The van der Waals surface area contributed by atoms with Crippen LogP contribution in [0.25, 0.3) is 11.6 Å². The Hall–Kier alpha value is -3.36. The molecule has 2 aliphatic heterocycles. The van der Waals surface area contributed by atoms with Crippen LogP contribution in [0.1, 0.15) is 22.9 Å². The monoisotopic (exact) mass is 433 g/mol. The second-order valence-electron chi connectivity index (χ2n) is 6.92. The zero-order chi connectivity index (χ0) is 20.8. The number of rotatable bonds is 3. The van der Waals surface area contributed by atoms with Gasteiger partial charge in [0.1, 0.15) is 6.04 Å². The fourth-order valence-corrected chi connectivity index (χ4v) is 5.08. The maximum atomic E-state index is 13.0. The van der Waals surface area contributed by atoms with Gasteiger partial charge in [0.05, 0.1) is 22.7 Å². The van der Waals surface area contributed by atoms with Crippen molar-refractivity contribution in [2.24, 2.45) is 4.99 Å². The molecule has 5 rings (SSSR count). The lowest BCUT2D eigenvalue weighted by molar-refractivity contribution is -0.122. The molecule has 0 unspecified atom stereocenters. The number of fused-ring (bicyclic) bond motifs is 1. The van der Waals surface area contributed by atoms with Gasteiger partial charge in [0.25, 0.3) is 5.91 Å². The molecule has 2 aliphatic rings. The molecular weight excluding hydrogens is 418 g/mol. The van der Waals surface area contributed by atoms with Crippen molar-refractivity contribution in [2.45, 2.75) is 12.5 Å². The summed E-state index contributed by atoms with van der Waals surface area (Å²) >= 11 is 6.64. The number of amides is 2. The predicted molar refractivity (Wildman–Crippen MR) is 120 cm³/mol. The van der Waals surface area contributed by atoms with Crippen LogP contribution in [0.3, 0.4) is 0 Å². The summed E-state index contributed by atoms with van der Waals surface area (Å²) in [5.74, 6) is -0.834. The number of carbonyl (C=O) groups is 2. The number of hydrogen-bond acceptors (Lipinski definition) is 6. The van der Waals surface area contributed by atoms with Gasteiger partial charge < -0.3 is 5.11 Å². The summed E-state index contributed by atoms with van der Waals surface area (Å²) in [5, 5.41) is 10.9. The Kier molecular flexibility index (Phi) is 4.45. The minimum Gasteiger partial charge on any atom is -0.493 e. The van der Waals surface area contributed by atoms with Crippen LogP contribution in [0.4, 0.5) is 11.4 Å². The van der Waals surface area contributed by atoms with Gasteiger partial charge in [-0.15, -0.1) is 11.3 Å². The maximum Gasteiger partial charge on any atom is 0.257 e. The van der Waals surface area contributed by atoms with E-state index in [0.717, 1.165) is 21.7 Å². The molecule has 1 aromatic heterocycles. The van der Waals surface area contributed by atoms with E-state index in [4.69, 9.17) is 12.2 Å². The minimum atomic E-state index is -0.863. The summed E-state index contributed by atoms with van der Waals surface area (Å²) < 4.78 is 1.72. The number of aromatic hydroxyl groups is 1. The largest absolute Gasteiger partial charge is 0.493 e. The van der Waals surface area contributed by atoms with E-state index in [1.54, 1.807) is 36.6 Å². The van der Waals surface area contributed by atoms with E-state index in [2.05, 4.69) is 4.99 Å². The van der Waals surface area contributed by atoms with E-state index < -0.39 is 11.9 Å². The first kappa shape index (κ1) is 18.7. The van der Waals surface area contributed by atoms with Crippen LogP contribution in [0.5, 0.6) is 5.88 Å². The molecule has 0 spiro atoms. The highest BCUT2D eigenvalue weighted by atomic mass is 32.1. The molecule has 148 valence electrons. The molecule has 30 heavy (non-hydrogen) atoms. The zero-order valence-corrected chi connectivity index (χ0v) is 17.2. The van der Waals surface area contributed by atoms with Gasteiger partial charge in [-0.05, 0) is 36.5 Å². The maximum absolute atomic E-state index is 13.0. The van der Waals surface area contributed by atoms with E-state index in [0.29, 0.717) is 14.5 Å². The number of nitrogens with zero attached hydrogens (tertiary/aromatic N) is 3. The summed E-state index contributed by atoms with van der Waals surface area (Å²) in [6.07, 6.45) is 3.49. The molecule has 2 amide bonds. The van der Waals surface area contributed by atoms with Gasteiger partial charge in [0.2, 0.25) is 11.8 Å². The molecule has 1 atom stereocenters. The van der Waals surface area contributed by atoms with Gasteiger partial charge >= 0.3 is 0 Å². The molecule has 3 aromatic rings. The fraction of sp³-hybridized carbons (Fsp3) is 0.0909. The normalized spacial score (nSPS) is 19.1. The van der Waals surface area contributed by atoms with E-state index in [-0.39, 0.29) is 18.2 Å².